The first-order valence-electron chi connectivity index (χ1n) is 8.28. The Kier molecular flexibility index (Phi) is 4.13. The standard InChI is InChI=1S/C19H20N2O3S/c1-23-15-6-3-12(7-16(15)24-2)9-20-19(22)17-8-13-10-21(14-4-5-14)11-18(13)25-17/h3,6-8,10-11,14H,4-5,9H2,1-2H3,(H,20,22). The number of hydrogen-bond acceptors (Lipinski definition) is 4. The number of benzene rings is 1. The van der Waals surface area contributed by atoms with Gasteiger partial charge in [0.1, 0.15) is 0 Å². The van der Waals surface area contributed by atoms with E-state index in [9.17, 15) is 4.79 Å². The second-order valence-electron chi connectivity index (χ2n) is 6.24. The van der Waals surface area contributed by atoms with E-state index in [0.717, 1.165) is 15.8 Å². The first-order valence-corrected chi connectivity index (χ1v) is 9.09. The van der Waals surface area contributed by atoms with Crippen molar-refractivity contribution in [3.8, 4) is 11.5 Å². The maximum atomic E-state index is 12.4. The Morgan fingerprint density at radius 3 is 2.68 bits per heavy atom. The normalized spacial score (nSPS) is 13.8. The van der Waals surface area contributed by atoms with Crippen molar-refractivity contribution >= 4 is 27.3 Å². The number of aromatic nitrogens is 1. The Hall–Kier alpha value is -2.47. The average molecular weight is 356 g/mol. The molecule has 0 bridgehead atoms. The molecule has 0 saturated heterocycles. The third-order valence-electron chi connectivity index (χ3n) is 4.44. The van der Waals surface area contributed by atoms with Crippen LogP contribution in [0, 0.1) is 0 Å². The highest BCUT2D eigenvalue weighted by molar-refractivity contribution is 7.20. The molecule has 2 aromatic heterocycles. The zero-order valence-corrected chi connectivity index (χ0v) is 15.1. The number of carbonyl (C=O) groups is 1. The first kappa shape index (κ1) is 16.0. The summed E-state index contributed by atoms with van der Waals surface area (Å²) in [4.78, 5) is 13.2. The minimum atomic E-state index is -0.0473. The van der Waals surface area contributed by atoms with E-state index in [0.29, 0.717) is 24.1 Å². The smallest absolute Gasteiger partial charge is 0.261 e. The first-order chi connectivity index (χ1) is 12.2. The van der Waals surface area contributed by atoms with Gasteiger partial charge in [-0.15, -0.1) is 11.3 Å². The van der Waals surface area contributed by atoms with Gasteiger partial charge in [-0.25, -0.2) is 0 Å². The average Bonchev–Trinajstić information content (AvgIpc) is 3.29. The highest BCUT2D eigenvalue weighted by Crippen LogP contribution is 2.38. The maximum absolute atomic E-state index is 12.4. The summed E-state index contributed by atoms with van der Waals surface area (Å²) in [5.74, 6) is 1.29. The number of nitrogens with one attached hydrogen (secondary N) is 1. The molecular formula is C19H20N2O3S. The van der Waals surface area contributed by atoms with Crippen molar-refractivity contribution in [3.63, 3.8) is 0 Å². The summed E-state index contributed by atoms with van der Waals surface area (Å²) >= 11 is 1.54. The number of thiophene rings is 1. The zero-order valence-electron chi connectivity index (χ0n) is 14.2. The summed E-state index contributed by atoms with van der Waals surface area (Å²) in [6, 6.07) is 8.29. The third kappa shape index (κ3) is 3.22. The Morgan fingerprint density at radius 2 is 2.00 bits per heavy atom. The van der Waals surface area contributed by atoms with E-state index in [2.05, 4.69) is 22.3 Å². The van der Waals surface area contributed by atoms with Gasteiger partial charge in [-0.3, -0.25) is 4.79 Å². The fourth-order valence-corrected chi connectivity index (χ4v) is 3.90. The van der Waals surface area contributed by atoms with Crippen molar-refractivity contribution in [1.29, 1.82) is 0 Å². The number of fused-ring (bicyclic) bond motifs is 1. The molecule has 1 aliphatic rings. The van der Waals surface area contributed by atoms with E-state index in [-0.39, 0.29) is 5.91 Å². The van der Waals surface area contributed by atoms with Gasteiger partial charge < -0.3 is 19.4 Å². The Morgan fingerprint density at radius 1 is 1.20 bits per heavy atom. The molecule has 1 saturated carbocycles. The van der Waals surface area contributed by atoms with Crippen molar-refractivity contribution in [1.82, 2.24) is 9.88 Å². The molecule has 0 spiro atoms. The van der Waals surface area contributed by atoms with Crippen LogP contribution in [-0.4, -0.2) is 24.7 Å². The summed E-state index contributed by atoms with van der Waals surface area (Å²) in [6.07, 6.45) is 6.83. The fourth-order valence-electron chi connectivity index (χ4n) is 2.91. The van der Waals surface area contributed by atoms with Crippen molar-refractivity contribution in [2.75, 3.05) is 14.2 Å². The summed E-state index contributed by atoms with van der Waals surface area (Å²) < 4.78 is 14.0. The van der Waals surface area contributed by atoms with Crippen LogP contribution < -0.4 is 14.8 Å². The van der Waals surface area contributed by atoms with Crippen LogP contribution >= 0.6 is 11.3 Å². The number of methoxy groups -OCH3 is 2. The molecule has 1 aromatic carbocycles. The molecule has 0 aliphatic heterocycles. The SMILES string of the molecule is COc1ccc(CNC(=O)c2cc3cn(C4CC4)cc3s2)cc1OC. The minimum absolute atomic E-state index is 0.0473. The zero-order chi connectivity index (χ0) is 17.4. The molecule has 5 nitrogen and oxygen atoms in total. The second kappa shape index (κ2) is 6.44. The molecule has 1 fully saturated rings. The van der Waals surface area contributed by atoms with E-state index in [1.807, 2.05) is 24.3 Å². The van der Waals surface area contributed by atoms with Crippen molar-refractivity contribution in [3.05, 3.63) is 47.1 Å². The Bertz CT molecular complexity index is 893. The third-order valence-corrected chi connectivity index (χ3v) is 5.52. The molecule has 6 heteroatoms. The summed E-state index contributed by atoms with van der Waals surface area (Å²) in [5, 5.41) is 4.12. The molecule has 4 rings (SSSR count). The topological polar surface area (TPSA) is 52.5 Å². The quantitative estimate of drug-likeness (QED) is 0.727. The molecule has 0 atom stereocenters. The number of carbonyl (C=O) groups excluding carboxylic acids is 1. The van der Waals surface area contributed by atoms with Crippen LogP contribution in [0.2, 0.25) is 0 Å². The van der Waals surface area contributed by atoms with Crippen molar-refractivity contribution in [2.24, 2.45) is 0 Å². The summed E-state index contributed by atoms with van der Waals surface area (Å²) in [7, 11) is 3.21. The van der Waals surface area contributed by atoms with Gasteiger partial charge >= 0.3 is 0 Å². The lowest BCUT2D eigenvalue weighted by atomic mass is 10.2. The number of rotatable bonds is 6. The van der Waals surface area contributed by atoms with E-state index < -0.39 is 0 Å². The fraction of sp³-hybridized carbons (Fsp3) is 0.316. The van der Waals surface area contributed by atoms with Gasteiger partial charge in [-0.05, 0) is 36.6 Å². The van der Waals surface area contributed by atoms with E-state index >= 15 is 0 Å². The second-order valence-corrected chi connectivity index (χ2v) is 7.32. The number of nitrogens with zero attached hydrogens (tertiary/aromatic N) is 1. The van der Waals surface area contributed by atoms with E-state index in [4.69, 9.17) is 9.47 Å². The van der Waals surface area contributed by atoms with Crippen LogP contribution in [0.15, 0.2) is 36.7 Å². The summed E-state index contributed by atoms with van der Waals surface area (Å²) in [5.41, 5.74) is 0.966. The van der Waals surface area contributed by atoms with Gasteiger partial charge in [0.25, 0.3) is 5.91 Å². The summed E-state index contributed by atoms with van der Waals surface area (Å²) in [6.45, 7) is 0.448. The van der Waals surface area contributed by atoms with Crippen LogP contribution in [0.1, 0.15) is 34.1 Å². The van der Waals surface area contributed by atoms with Crippen LogP contribution in [-0.2, 0) is 6.54 Å². The Labute approximate surface area is 150 Å². The van der Waals surface area contributed by atoms with Crippen LogP contribution in [0.25, 0.3) is 10.1 Å². The molecule has 0 radical (unpaired) electrons. The van der Waals surface area contributed by atoms with Crippen LogP contribution in [0.4, 0.5) is 0 Å². The van der Waals surface area contributed by atoms with Crippen LogP contribution in [0.5, 0.6) is 11.5 Å². The molecule has 1 N–H and O–H groups in total. The highest BCUT2D eigenvalue weighted by atomic mass is 32.1. The van der Waals surface area contributed by atoms with Gasteiger partial charge in [0, 0.05) is 30.4 Å². The lowest BCUT2D eigenvalue weighted by molar-refractivity contribution is 0.0955. The monoisotopic (exact) mass is 356 g/mol. The molecule has 2 heterocycles. The van der Waals surface area contributed by atoms with Gasteiger partial charge in [0.2, 0.25) is 0 Å². The molecule has 130 valence electrons. The number of ether oxygens (including phenoxy) is 2. The van der Waals surface area contributed by atoms with Crippen molar-refractivity contribution < 1.29 is 14.3 Å². The highest BCUT2D eigenvalue weighted by Gasteiger charge is 2.24. The Balaban J connectivity index is 1.44. The molecule has 1 amide bonds. The van der Waals surface area contributed by atoms with Gasteiger partial charge in [-0.1, -0.05) is 6.07 Å². The lowest BCUT2D eigenvalue weighted by Crippen LogP contribution is -2.21. The molecule has 3 aromatic rings. The molecular weight excluding hydrogens is 336 g/mol. The largest absolute Gasteiger partial charge is 0.493 e. The van der Waals surface area contributed by atoms with E-state index in [1.165, 1.54) is 17.5 Å². The van der Waals surface area contributed by atoms with Gasteiger partial charge in [0.05, 0.1) is 23.8 Å². The molecule has 25 heavy (non-hydrogen) atoms. The molecule has 0 unspecified atom stereocenters. The maximum Gasteiger partial charge on any atom is 0.261 e. The lowest BCUT2D eigenvalue weighted by Gasteiger charge is -2.10. The minimum Gasteiger partial charge on any atom is -0.493 e. The number of hydrogen-bond donors (Lipinski definition) is 1. The molecule has 1 aliphatic carbocycles. The predicted molar refractivity (Wildman–Crippen MR) is 98.8 cm³/mol. The van der Waals surface area contributed by atoms with Crippen LogP contribution in [0.3, 0.4) is 0 Å². The van der Waals surface area contributed by atoms with E-state index in [1.54, 1.807) is 25.6 Å². The van der Waals surface area contributed by atoms with Crippen molar-refractivity contribution in [2.45, 2.75) is 25.4 Å². The van der Waals surface area contributed by atoms with Gasteiger partial charge in [-0.2, -0.15) is 0 Å². The number of amides is 1. The van der Waals surface area contributed by atoms with Gasteiger partial charge in [0.15, 0.2) is 11.5 Å². The predicted octanol–water partition coefficient (Wildman–Crippen LogP) is 3.98.